The normalized spacial score (nSPS) is 11.7. The summed E-state index contributed by atoms with van der Waals surface area (Å²) in [5, 5.41) is 13.0. The van der Waals surface area contributed by atoms with Crippen LogP contribution in [-0.4, -0.2) is 24.5 Å². The molecule has 0 saturated carbocycles. The zero-order valence-corrected chi connectivity index (χ0v) is 28.5. The van der Waals surface area contributed by atoms with Crippen molar-refractivity contribution in [3.05, 3.63) is 151 Å². The van der Waals surface area contributed by atoms with E-state index in [2.05, 4.69) is 98.1 Å². The SMILES string of the molecule is Cc1cccc(-c2cc(-c3ccccc3O)nc(-c3cc(-c4nc5nc(C(C)C)ccn5c4-c4ccccc4)cc4c3oc3ccccc34)c2)c1. The quantitative estimate of drug-likeness (QED) is 0.192. The van der Waals surface area contributed by atoms with Crippen LogP contribution in [0.15, 0.2) is 144 Å². The van der Waals surface area contributed by atoms with Gasteiger partial charge in [0.1, 0.15) is 16.9 Å². The van der Waals surface area contributed by atoms with Crippen molar-refractivity contribution in [1.82, 2.24) is 19.4 Å². The molecule has 6 heteroatoms. The summed E-state index contributed by atoms with van der Waals surface area (Å²) < 4.78 is 8.74. The zero-order valence-electron chi connectivity index (χ0n) is 28.5. The molecule has 246 valence electrons. The minimum atomic E-state index is 0.172. The number of pyridine rings is 1. The molecule has 0 aliphatic heterocycles. The Labute approximate surface area is 295 Å². The van der Waals surface area contributed by atoms with Crippen LogP contribution in [0.5, 0.6) is 5.75 Å². The maximum absolute atomic E-state index is 11.0. The smallest absolute Gasteiger partial charge is 0.235 e. The third-order valence-electron chi connectivity index (χ3n) is 9.54. The fourth-order valence-electron chi connectivity index (χ4n) is 6.98. The molecular weight excluding hydrogens is 629 g/mol. The number of para-hydroxylation sites is 2. The second kappa shape index (κ2) is 12.1. The van der Waals surface area contributed by atoms with Gasteiger partial charge in [0, 0.05) is 44.9 Å². The summed E-state index contributed by atoms with van der Waals surface area (Å²) in [6.45, 7) is 6.38. The third-order valence-corrected chi connectivity index (χ3v) is 9.54. The van der Waals surface area contributed by atoms with E-state index < -0.39 is 0 Å². The molecule has 0 saturated heterocycles. The number of nitrogens with zero attached hydrogens (tertiary/aromatic N) is 4. The molecule has 0 unspecified atom stereocenters. The first-order chi connectivity index (χ1) is 24.9. The fourth-order valence-corrected chi connectivity index (χ4v) is 6.98. The Kier molecular flexibility index (Phi) is 7.25. The van der Waals surface area contributed by atoms with Crippen LogP contribution in [0.25, 0.3) is 83.9 Å². The monoisotopic (exact) mass is 662 g/mol. The van der Waals surface area contributed by atoms with Crippen molar-refractivity contribution in [2.24, 2.45) is 0 Å². The number of benzene rings is 5. The van der Waals surface area contributed by atoms with Gasteiger partial charge >= 0.3 is 0 Å². The van der Waals surface area contributed by atoms with Gasteiger partial charge in [0.2, 0.25) is 5.78 Å². The van der Waals surface area contributed by atoms with Gasteiger partial charge in [-0.2, -0.15) is 0 Å². The molecule has 9 aromatic rings. The van der Waals surface area contributed by atoms with E-state index in [9.17, 15) is 5.11 Å². The van der Waals surface area contributed by atoms with E-state index in [1.165, 1.54) is 0 Å². The molecule has 0 aliphatic carbocycles. The van der Waals surface area contributed by atoms with Crippen molar-refractivity contribution in [1.29, 1.82) is 0 Å². The molecule has 0 radical (unpaired) electrons. The van der Waals surface area contributed by atoms with Gasteiger partial charge in [-0.3, -0.25) is 4.40 Å². The first-order valence-corrected chi connectivity index (χ1v) is 17.2. The molecule has 0 bridgehead atoms. The first-order valence-electron chi connectivity index (χ1n) is 17.2. The van der Waals surface area contributed by atoms with E-state index in [-0.39, 0.29) is 11.7 Å². The Morgan fingerprint density at radius 1 is 0.608 bits per heavy atom. The molecule has 1 N–H and O–H groups in total. The van der Waals surface area contributed by atoms with Gasteiger partial charge in [0.25, 0.3) is 0 Å². The van der Waals surface area contributed by atoms with Crippen molar-refractivity contribution in [3.63, 3.8) is 0 Å². The van der Waals surface area contributed by atoms with Gasteiger partial charge in [-0.15, -0.1) is 0 Å². The molecule has 0 fully saturated rings. The van der Waals surface area contributed by atoms with Gasteiger partial charge in [-0.25, -0.2) is 15.0 Å². The highest BCUT2D eigenvalue weighted by Crippen LogP contribution is 2.43. The summed E-state index contributed by atoms with van der Waals surface area (Å²) in [7, 11) is 0. The molecular formula is C45H34N4O2. The average Bonchev–Trinajstić information content (AvgIpc) is 3.73. The molecule has 9 rings (SSSR count). The van der Waals surface area contributed by atoms with E-state index in [1.54, 1.807) is 6.07 Å². The van der Waals surface area contributed by atoms with Crippen LogP contribution in [-0.2, 0) is 0 Å². The van der Waals surface area contributed by atoms with Gasteiger partial charge < -0.3 is 9.52 Å². The lowest BCUT2D eigenvalue weighted by atomic mass is 9.95. The van der Waals surface area contributed by atoms with E-state index >= 15 is 0 Å². The molecule has 6 nitrogen and oxygen atoms in total. The Hall–Kier alpha value is -6.53. The minimum absolute atomic E-state index is 0.172. The van der Waals surface area contributed by atoms with E-state index in [1.807, 2.05) is 60.7 Å². The summed E-state index contributed by atoms with van der Waals surface area (Å²) in [6, 6.07) is 44.8. The highest BCUT2D eigenvalue weighted by atomic mass is 16.3. The van der Waals surface area contributed by atoms with E-state index in [0.29, 0.717) is 17.0 Å². The molecule has 0 amide bonds. The van der Waals surface area contributed by atoms with Crippen molar-refractivity contribution < 1.29 is 9.52 Å². The standard InChI is InChI=1S/C45H34N4O2/c1-27(2)37-20-21-49-43(29-13-5-4-6-14-29)42(48-45(49)47-37)32-23-35-33-16-8-10-19-41(33)51-44(35)36(24-32)39-26-31(30-15-11-12-28(3)22-30)25-38(46-39)34-17-7-9-18-40(34)50/h4-27,50H,1-3H3. The van der Waals surface area contributed by atoms with Crippen molar-refractivity contribution >= 4 is 27.7 Å². The molecule has 0 atom stereocenters. The van der Waals surface area contributed by atoms with Crippen LogP contribution in [0.3, 0.4) is 0 Å². The van der Waals surface area contributed by atoms with Crippen molar-refractivity contribution in [2.75, 3.05) is 0 Å². The van der Waals surface area contributed by atoms with Gasteiger partial charge in [-0.05, 0) is 72.5 Å². The van der Waals surface area contributed by atoms with Gasteiger partial charge in [0.05, 0.1) is 22.8 Å². The van der Waals surface area contributed by atoms with Gasteiger partial charge in [-0.1, -0.05) is 104 Å². The van der Waals surface area contributed by atoms with Crippen LogP contribution < -0.4 is 0 Å². The van der Waals surface area contributed by atoms with Crippen molar-refractivity contribution in [3.8, 4) is 61.9 Å². The Morgan fingerprint density at radius 2 is 1.35 bits per heavy atom. The number of hydrogen-bond acceptors (Lipinski definition) is 5. The summed E-state index contributed by atoms with van der Waals surface area (Å²) in [4.78, 5) is 15.5. The number of rotatable bonds is 6. The number of imidazole rings is 1. The molecule has 4 heterocycles. The Bertz CT molecular complexity index is 2760. The number of aryl methyl sites for hydroxylation is 1. The molecule has 5 aromatic carbocycles. The molecule has 51 heavy (non-hydrogen) atoms. The molecule has 0 spiro atoms. The fraction of sp³-hybridized carbons (Fsp3) is 0.0889. The lowest BCUT2D eigenvalue weighted by Crippen LogP contribution is -1.97. The highest BCUT2D eigenvalue weighted by Gasteiger charge is 2.23. The van der Waals surface area contributed by atoms with Crippen LogP contribution in [0.1, 0.15) is 31.0 Å². The van der Waals surface area contributed by atoms with E-state index in [4.69, 9.17) is 19.4 Å². The second-order valence-corrected chi connectivity index (χ2v) is 13.4. The number of aromatic hydroxyl groups is 1. The largest absolute Gasteiger partial charge is 0.507 e. The van der Waals surface area contributed by atoms with E-state index in [0.717, 1.165) is 78.1 Å². The Balaban J connectivity index is 1.37. The summed E-state index contributed by atoms with van der Waals surface area (Å²) in [5.74, 6) is 1.08. The Morgan fingerprint density at radius 3 is 2.16 bits per heavy atom. The lowest BCUT2D eigenvalue weighted by Gasteiger charge is -2.13. The van der Waals surface area contributed by atoms with Crippen LogP contribution in [0.4, 0.5) is 0 Å². The molecule has 0 aliphatic rings. The number of aromatic nitrogens is 4. The number of furan rings is 1. The third kappa shape index (κ3) is 5.33. The average molecular weight is 663 g/mol. The predicted octanol–water partition coefficient (Wildman–Crippen LogP) is 11.5. The van der Waals surface area contributed by atoms with Gasteiger partial charge in [0.15, 0.2) is 0 Å². The van der Waals surface area contributed by atoms with Crippen LogP contribution in [0.2, 0.25) is 0 Å². The zero-order chi connectivity index (χ0) is 34.6. The maximum Gasteiger partial charge on any atom is 0.235 e. The topological polar surface area (TPSA) is 76.5 Å². The number of hydrogen-bond donors (Lipinski definition) is 1. The summed E-state index contributed by atoms with van der Waals surface area (Å²) in [5.41, 5.74) is 12.4. The number of fused-ring (bicyclic) bond motifs is 4. The number of phenolic OH excluding ortho intramolecular Hbond substituents is 1. The molecule has 4 aromatic heterocycles. The summed E-state index contributed by atoms with van der Waals surface area (Å²) >= 11 is 0. The highest BCUT2D eigenvalue weighted by molar-refractivity contribution is 6.11. The minimum Gasteiger partial charge on any atom is -0.507 e. The van der Waals surface area contributed by atoms with Crippen LogP contribution >= 0.6 is 0 Å². The number of phenols is 1. The first kappa shape index (κ1) is 30.5. The second-order valence-electron chi connectivity index (χ2n) is 13.4. The summed E-state index contributed by atoms with van der Waals surface area (Å²) in [6.07, 6.45) is 2.08. The predicted molar refractivity (Wildman–Crippen MR) is 206 cm³/mol. The lowest BCUT2D eigenvalue weighted by molar-refractivity contribution is 0.477. The maximum atomic E-state index is 11.0. The van der Waals surface area contributed by atoms with Crippen LogP contribution in [0, 0.1) is 6.92 Å². The van der Waals surface area contributed by atoms with Crippen molar-refractivity contribution in [2.45, 2.75) is 26.7 Å².